The van der Waals surface area contributed by atoms with Crippen molar-refractivity contribution in [2.45, 2.75) is 32.7 Å². The Morgan fingerprint density at radius 2 is 1.63 bits per heavy atom. The summed E-state index contributed by atoms with van der Waals surface area (Å²) >= 11 is 9.39. The molecule has 0 amide bonds. The number of benzene rings is 2. The minimum Gasteiger partial charge on any atom is -0.454 e. The van der Waals surface area contributed by atoms with Crippen molar-refractivity contribution in [3.05, 3.63) is 59.7 Å². The third-order valence-electron chi connectivity index (χ3n) is 5.26. The molecule has 1 saturated heterocycles. The SMILES string of the molecule is CC(Cc1ccc2c(c1)OCO2)=NNC(N)=S.NC(=S)NN=C1CCN(Cc2ccccc2)CC1. The molecule has 0 atom stereocenters. The number of piperidine rings is 1. The normalized spacial score (nSPS) is 15.0. The summed E-state index contributed by atoms with van der Waals surface area (Å²) < 4.78 is 10.5. The zero-order valence-electron chi connectivity index (χ0n) is 19.7. The highest BCUT2D eigenvalue weighted by Crippen LogP contribution is 2.32. The molecule has 2 heterocycles. The first kappa shape index (κ1) is 26.3. The molecule has 2 aliphatic heterocycles. The molecule has 0 saturated carbocycles. The van der Waals surface area contributed by atoms with Gasteiger partial charge in [0, 0.05) is 50.3 Å². The lowest BCUT2D eigenvalue weighted by Gasteiger charge is -2.27. The van der Waals surface area contributed by atoms with Crippen LogP contribution in [0.3, 0.4) is 0 Å². The number of ether oxygens (including phenoxy) is 2. The Morgan fingerprint density at radius 1 is 0.943 bits per heavy atom. The van der Waals surface area contributed by atoms with E-state index in [1.807, 2.05) is 31.2 Å². The van der Waals surface area contributed by atoms with E-state index in [1.165, 1.54) is 5.56 Å². The Labute approximate surface area is 216 Å². The van der Waals surface area contributed by atoms with Gasteiger partial charge in [0.2, 0.25) is 6.79 Å². The Bertz CT molecular complexity index is 1070. The lowest BCUT2D eigenvalue weighted by atomic mass is 10.1. The van der Waals surface area contributed by atoms with Crippen molar-refractivity contribution in [2.75, 3.05) is 19.9 Å². The van der Waals surface area contributed by atoms with Crippen LogP contribution in [0.25, 0.3) is 0 Å². The van der Waals surface area contributed by atoms with Crippen LogP contribution in [0.15, 0.2) is 58.7 Å². The average Bonchev–Trinajstić information content (AvgIpc) is 3.31. The number of thiocarbonyl (C=S) groups is 2. The van der Waals surface area contributed by atoms with Crippen LogP contribution in [0.2, 0.25) is 0 Å². The molecule has 1 fully saturated rings. The third-order valence-corrected chi connectivity index (χ3v) is 5.44. The number of rotatable bonds is 6. The van der Waals surface area contributed by atoms with Crippen LogP contribution in [0.4, 0.5) is 0 Å². The van der Waals surface area contributed by atoms with Gasteiger partial charge in [-0.3, -0.25) is 15.8 Å². The van der Waals surface area contributed by atoms with Gasteiger partial charge in [-0.05, 0) is 54.6 Å². The Kier molecular flexibility index (Phi) is 10.2. The largest absolute Gasteiger partial charge is 0.454 e. The van der Waals surface area contributed by atoms with Crippen molar-refractivity contribution in [1.82, 2.24) is 15.8 Å². The maximum absolute atomic E-state index is 5.34. The van der Waals surface area contributed by atoms with E-state index in [1.54, 1.807) is 0 Å². The van der Waals surface area contributed by atoms with Gasteiger partial charge in [0.25, 0.3) is 0 Å². The lowest BCUT2D eigenvalue weighted by molar-refractivity contribution is 0.174. The van der Waals surface area contributed by atoms with E-state index in [-0.39, 0.29) is 17.0 Å². The minimum absolute atomic E-state index is 0.162. The quantitative estimate of drug-likeness (QED) is 0.262. The highest BCUT2D eigenvalue weighted by molar-refractivity contribution is 7.80. The fourth-order valence-electron chi connectivity index (χ4n) is 3.59. The standard InChI is InChI=1S/C13H18N4S.C11H13N3O2S/c14-13(18)16-15-12-6-8-17(9-7-12)10-11-4-2-1-3-5-11;1-7(13-14-11(12)17)4-8-2-3-9-10(5-8)16-6-15-9/h1-5H,6-10H2,(H3,14,16,18);2-3,5H,4,6H2,1H3,(H3,12,14,17). The van der Waals surface area contributed by atoms with Gasteiger partial charge in [-0.1, -0.05) is 36.4 Å². The first-order valence-electron chi connectivity index (χ1n) is 11.2. The summed E-state index contributed by atoms with van der Waals surface area (Å²) in [6.07, 6.45) is 2.65. The number of nitrogens with zero attached hydrogens (tertiary/aromatic N) is 3. The zero-order valence-corrected chi connectivity index (χ0v) is 21.3. The van der Waals surface area contributed by atoms with Gasteiger partial charge in [0.05, 0.1) is 0 Å². The molecule has 0 spiro atoms. The highest BCUT2D eigenvalue weighted by Gasteiger charge is 2.15. The molecule has 2 aromatic carbocycles. The highest BCUT2D eigenvalue weighted by atomic mass is 32.1. The number of hydrogen-bond donors (Lipinski definition) is 4. The second-order valence-corrected chi connectivity index (χ2v) is 8.98. The summed E-state index contributed by atoms with van der Waals surface area (Å²) in [5.74, 6) is 1.56. The molecule has 6 N–H and O–H groups in total. The fraction of sp³-hybridized carbons (Fsp3) is 0.333. The number of hydrazone groups is 2. The van der Waals surface area contributed by atoms with Crippen molar-refractivity contribution in [3.8, 4) is 11.5 Å². The molecular formula is C24H31N7O2S2. The van der Waals surface area contributed by atoms with E-state index in [4.69, 9.17) is 33.2 Å². The Hall–Kier alpha value is -3.28. The zero-order chi connectivity index (χ0) is 25.0. The van der Waals surface area contributed by atoms with Crippen LogP contribution in [-0.2, 0) is 13.0 Å². The topological polar surface area (TPSA) is 123 Å². The Balaban J connectivity index is 0.000000196. The minimum atomic E-state index is 0.162. The van der Waals surface area contributed by atoms with Crippen LogP contribution in [-0.4, -0.2) is 46.4 Å². The predicted molar refractivity (Wildman–Crippen MR) is 148 cm³/mol. The molecule has 0 radical (unpaired) electrons. The number of likely N-dealkylation sites (tertiary alicyclic amines) is 1. The van der Waals surface area contributed by atoms with Crippen molar-refractivity contribution in [2.24, 2.45) is 21.7 Å². The molecule has 186 valence electrons. The second-order valence-electron chi connectivity index (χ2n) is 8.10. The van der Waals surface area contributed by atoms with E-state index >= 15 is 0 Å². The monoisotopic (exact) mass is 513 g/mol. The summed E-state index contributed by atoms with van der Waals surface area (Å²) in [6.45, 7) is 5.26. The number of fused-ring (bicyclic) bond motifs is 1. The second kappa shape index (κ2) is 13.6. The molecule has 0 aliphatic carbocycles. The molecular weight excluding hydrogens is 482 g/mol. The predicted octanol–water partition coefficient (Wildman–Crippen LogP) is 2.64. The molecule has 2 aliphatic rings. The van der Waals surface area contributed by atoms with Crippen LogP contribution < -0.4 is 31.8 Å². The van der Waals surface area contributed by atoms with Gasteiger partial charge in [0.1, 0.15) is 0 Å². The summed E-state index contributed by atoms with van der Waals surface area (Å²) in [6, 6.07) is 16.4. The van der Waals surface area contributed by atoms with Crippen LogP contribution in [0.5, 0.6) is 11.5 Å². The molecule has 2 aromatic rings. The number of nitrogens with two attached hydrogens (primary N) is 2. The summed E-state index contributed by atoms with van der Waals surface area (Å²) in [7, 11) is 0. The van der Waals surface area contributed by atoms with Crippen molar-refractivity contribution < 1.29 is 9.47 Å². The molecule has 4 rings (SSSR count). The molecule has 0 aromatic heterocycles. The van der Waals surface area contributed by atoms with E-state index in [0.29, 0.717) is 6.42 Å². The van der Waals surface area contributed by atoms with Crippen LogP contribution in [0.1, 0.15) is 30.9 Å². The third kappa shape index (κ3) is 9.47. The Morgan fingerprint density at radius 3 is 2.31 bits per heavy atom. The van der Waals surface area contributed by atoms with E-state index < -0.39 is 0 Å². The van der Waals surface area contributed by atoms with Crippen molar-refractivity contribution >= 4 is 46.1 Å². The van der Waals surface area contributed by atoms with E-state index in [9.17, 15) is 0 Å². The van der Waals surface area contributed by atoms with Crippen LogP contribution in [0, 0.1) is 0 Å². The molecule has 11 heteroatoms. The maximum atomic E-state index is 5.34. The molecule has 0 bridgehead atoms. The van der Waals surface area contributed by atoms with Gasteiger partial charge in [-0.25, -0.2) is 0 Å². The lowest BCUT2D eigenvalue weighted by Crippen LogP contribution is -2.35. The number of nitrogens with one attached hydrogen (secondary N) is 2. The smallest absolute Gasteiger partial charge is 0.231 e. The fourth-order valence-corrected chi connectivity index (χ4v) is 3.68. The average molecular weight is 514 g/mol. The van der Waals surface area contributed by atoms with Gasteiger partial charge in [-0.15, -0.1) is 0 Å². The maximum Gasteiger partial charge on any atom is 0.231 e. The summed E-state index contributed by atoms with van der Waals surface area (Å²) in [5.41, 5.74) is 20.3. The van der Waals surface area contributed by atoms with Crippen LogP contribution >= 0.6 is 24.4 Å². The molecule has 35 heavy (non-hydrogen) atoms. The first-order chi connectivity index (χ1) is 16.9. The van der Waals surface area contributed by atoms with Gasteiger partial charge in [0.15, 0.2) is 21.7 Å². The van der Waals surface area contributed by atoms with E-state index in [2.05, 4.69) is 62.4 Å². The molecule has 0 unspecified atom stereocenters. The summed E-state index contributed by atoms with van der Waals surface area (Å²) in [4.78, 5) is 2.44. The number of hydrogen-bond acceptors (Lipinski definition) is 7. The van der Waals surface area contributed by atoms with E-state index in [0.717, 1.165) is 61.0 Å². The first-order valence-corrected chi connectivity index (χ1v) is 12.0. The van der Waals surface area contributed by atoms with Crippen molar-refractivity contribution in [1.29, 1.82) is 0 Å². The van der Waals surface area contributed by atoms with Gasteiger partial charge >= 0.3 is 0 Å². The van der Waals surface area contributed by atoms with Gasteiger partial charge in [-0.2, -0.15) is 10.2 Å². The van der Waals surface area contributed by atoms with Crippen molar-refractivity contribution in [3.63, 3.8) is 0 Å². The summed E-state index contributed by atoms with van der Waals surface area (Å²) in [5, 5.41) is 8.63. The molecule has 9 nitrogen and oxygen atoms in total. The van der Waals surface area contributed by atoms with Gasteiger partial charge < -0.3 is 20.9 Å².